The third-order valence-electron chi connectivity index (χ3n) is 1.75. The highest BCUT2D eigenvalue weighted by Gasteiger charge is 2.09. The van der Waals surface area contributed by atoms with Crippen LogP contribution in [0.5, 0.6) is 0 Å². The van der Waals surface area contributed by atoms with Crippen molar-refractivity contribution in [2.45, 2.75) is 39.4 Å². The van der Waals surface area contributed by atoms with E-state index in [1.807, 2.05) is 0 Å². The number of allylic oxidation sites excluding steroid dienone is 2. The van der Waals surface area contributed by atoms with Gasteiger partial charge in [-0.15, -0.1) is 0 Å². The third kappa shape index (κ3) is 2.51. The van der Waals surface area contributed by atoms with E-state index in [1.54, 1.807) is 0 Å². The summed E-state index contributed by atoms with van der Waals surface area (Å²) in [7, 11) is 0. The zero-order valence-corrected chi connectivity index (χ0v) is 7.50. The summed E-state index contributed by atoms with van der Waals surface area (Å²) in [5, 5.41) is 0. The largest absolute Gasteiger partial charge is 0.371 e. The maximum Gasteiger partial charge on any atom is 0.0797 e. The smallest absolute Gasteiger partial charge is 0.0797 e. The predicted molar refractivity (Wildman–Crippen MR) is 47.5 cm³/mol. The molecule has 0 N–H and O–H groups in total. The Morgan fingerprint density at radius 2 is 2.09 bits per heavy atom. The second kappa shape index (κ2) is 3.72. The molecular formula is C10H16O. The van der Waals surface area contributed by atoms with Crippen LogP contribution in [0.4, 0.5) is 0 Å². The first-order valence-corrected chi connectivity index (χ1v) is 4.22. The Bertz CT molecular complexity index is 177. The van der Waals surface area contributed by atoms with Crippen LogP contribution in [0.3, 0.4) is 0 Å². The lowest BCUT2D eigenvalue weighted by Gasteiger charge is -2.15. The molecule has 1 unspecified atom stereocenters. The monoisotopic (exact) mass is 152 g/mol. The van der Waals surface area contributed by atoms with Gasteiger partial charge in [-0.1, -0.05) is 18.2 Å². The van der Waals surface area contributed by atoms with Gasteiger partial charge in [-0.25, -0.2) is 0 Å². The third-order valence-corrected chi connectivity index (χ3v) is 1.75. The van der Waals surface area contributed by atoms with Gasteiger partial charge in [-0.2, -0.15) is 0 Å². The van der Waals surface area contributed by atoms with Crippen molar-refractivity contribution in [2.24, 2.45) is 0 Å². The Balaban J connectivity index is 2.41. The molecule has 0 amide bonds. The topological polar surface area (TPSA) is 9.23 Å². The number of ether oxygens (including phenoxy) is 1. The number of rotatable bonds is 3. The quantitative estimate of drug-likeness (QED) is 0.604. The minimum absolute atomic E-state index is 0.258. The van der Waals surface area contributed by atoms with Gasteiger partial charge in [0, 0.05) is 0 Å². The molecule has 1 rings (SSSR count). The van der Waals surface area contributed by atoms with Crippen LogP contribution in [0.1, 0.15) is 27.2 Å². The molecule has 1 heteroatoms. The van der Waals surface area contributed by atoms with Crippen LogP contribution < -0.4 is 0 Å². The van der Waals surface area contributed by atoms with Crippen LogP contribution in [0.2, 0.25) is 0 Å². The van der Waals surface area contributed by atoms with Crippen LogP contribution in [0.25, 0.3) is 0 Å². The van der Waals surface area contributed by atoms with Crippen molar-refractivity contribution in [3.63, 3.8) is 0 Å². The molecule has 0 aromatic carbocycles. The molecular weight excluding hydrogens is 136 g/mol. The van der Waals surface area contributed by atoms with E-state index in [1.165, 1.54) is 5.57 Å². The van der Waals surface area contributed by atoms with E-state index in [0.717, 1.165) is 6.42 Å². The van der Waals surface area contributed by atoms with E-state index in [2.05, 4.69) is 39.0 Å². The highest BCUT2D eigenvalue weighted by Crippen LogP contribution is 2.16. The summed E-state index contributed by atoms with van der Waals surface area (Å²) in [5.74, 6) is 0. The van der Waals surface area contributed by atoms with Gasteiger partial charge < -0.3 is 4.74 Å². The molecule has 62 valence electrons. The fraction of sp³-hybridized carbons (Fsp3) is 0.600. The lowest BCUT2D eigenvalue weighted by molar-refractivity contribution is 0.0416. The van der Waals surface area contributed by atoms with Crippen LogP contribution in [-0.4, -0.2) is 12.2 Å². The number of hydrogen-bond acceptors (Lipinski definition) is 1. The SMILES string of the molecule is CC(C)OC(C)C1=CCC=C1. The molecule has 0 fully saturated rings. The van der Waals surface area contributed by atoms with Crippen molar-refractivity contribution < 1.29 is 4.74 Å². The molecule has 0 aromatic rings. The van der Waals surface area contributed by atoms with Gasteiger partial charge in [-0.3, -0.25) is 0 Å². The summed E-state index contributed by atoms with van der Waals surface area (Å²) >= 11 is 0. The fourth-order valence-electron chi connectivity index (χ4n) is 1.26. The van der Waals surface area contributed by atoms with E-state index in [9.17, 15) is 0 Å². The fourth-order valence-corrected chi connectivity index (χ4v) is 1.26. The molecule has 0 aromatic heterocycles. The van der Waals surface area contributed by atoms with Crippen molar-refractivity contribution >= 4 is 0 Å². The molecule has 0 spiro atoms. The minimum atomic E-state index is 0.258. The highest BCUT2D eigenvalue weighted by molar-refractivity contribution is 5.28. The summed E-state index contributed by atoms with van der Waals surface area (Å²) < 4.78 is 5.61. The van der Waals surface area contributed by atoms with E-state index < -0.39 is 0 Å². The van der Waals surface area contributed by atoms with Crippen LogP contribution in [0.15, 0.2) is 23.8 Å². The van der Waals surface area contributed by atoms with Gasteiger partial charge in [0.2, 0.25) is 0 Å². The maximum absolute atomic E-state index is 5.61. The molecule has 1 atom stereocenters. The summed E-state index contributed by atoms with van der Waals surface area (Å²) in [4.78, 5) is 0. The number of hydrogen-bond donors (Lipinski definition) is 0. The molecule has 0 bridgehead atoms. The zero-order chi connectivity index (χ0) is 8.27. The molecule has 1 aliphatic rings. The van der Waals surface area contributed by atoms with Gasteiger partial charge in [0.1, 0.15) is 0 Å². The van der Waals surface area contributed by atoms with E-state index in [0.29, 0.717) is 6.10 Å². The lowest BCUT2D eigenvalue weighted by Crippen LogP contribution is -2.15. The second-order valence-electron chi connectivity index (χ2n) is 3.17. The normalized spacial score (nSPS) is 19.1. The van der Waals surface area contributed by atoms with Crippen LogP contribution in [0, 0.1) is 0 Å². The van der Waals surface area contributed by atoms with Gasteiger partial charge in [0.25, 0.3) is 0 Å². The first-order valence-electron chi connectivity index (χ1n) is 4.22. The van der Waals surface area contributed by atoms with Crippen molar-refractivity contribution in [3.05, 3.63) is 23.8 Å². The van der Waals surface area contributed by atoms with Crippen LogP contribution in [-0.2, 0) is 4.74 Å². The molecule has 0 heterocycles. The van der Waals surface area contributed by atoms with Gasteiger partial charge in [0.15, 0.2) is 0 Å². The lowest BCUT2D eigenvalue weighted by atomic mass is 10.2. The predicted octanol–water partition coefficient (Wildman–Crippen LogP) is 2.69. The molecule has 1 nitrogen and oxygen atoms in total. The average molecular weight is 152 g/mol. The first kappa shape index (κ1) is 8.54. The Hall–Kier alpha value is -0.560. The van der Waals surface area contributed by atoms with Crippen molar-refractivity contribution in [1.29, 1.82) is 0 Å². The molecule has 11 heavy (non-hydrogen) atoms. The standard InChI is InChI=1S/C10H16O/c1-8(2)11-9(3)10-6-4-5-7-10/h4,6-9H,5H2,1-3H3. The van der Waals surface area contributed by atoms with Crippen LogP contribution >= 0.6 is 0 Å². The molecule has 0 saturated carbocycles. The summed E-state index contributed by atoms with van der Waals surface area (Å²) in [5.41, 5.74) is 1.32. The summed E-state index contributed by atoms with van der Waals surface area (Å²) in [6.45, 7) is 6.23. The van der Waals surface area contributed by atoms with E-state index >= 15 is 0 Å². The molecule has 0 saturated heterocycles. The minimum Gasteiger partial charge on any atom is -0.371 e. The second-order valence-corrected chi connectivity index (χ2v) is 3.17. The molecule has 0 aliphatic heterocycles. The summed E-state index contributed by atoms with van der Waals surface area (Å²) in [6.07, 6.45) is 8.17. The molecule has 0 radical (unpaired) electrons. The van der Waals surface area contributed by atoms with E-state index in [-0.39, 0.29) is 6.10 Å². The maximum atomic E-state index is 5.61. The van der Waals surface area contributed by atoms with Crippen molar-refractivity contribution in [3.8, 4) is 0 Å². The van der Waals surface area contributed by atoms with Gasteiger partial charge in [-0.05, 0) is 32.8 Å². The van der Waals surface area contributed by atoms with E-state index in [4.69, 9.17) is 4.74 Å². The van der Waals surface area contributed by atoms with Gasteiger partial charge >= 0.3 is 0 Å². The molecule has 1 aliphatic carbocycles. The Morgan fingerprint density at radius 1 is 1.36 bits per heavy atom. The average Bonchev–Trinajstić information content (AvgIpc) is 2.35. The Labute approximate surface area is 68.8 Å². The zero-order valence-electron chi connectivity index (χ0n) is 7.50. The first-order chi connectivity index (χ1) is 5.20. The van der Waals surface area contributed by atoms with Crippen molar-refractivity contribution in [1.82, 2.24) is 0 Å². The van der Waals surface area contributed by atoms with Crippen molar-refractivity contribution in [2.75, 3.05) is 0 Å². The summed E-state index contributed by atoms with van der Waals surface area (Å²) in [6, 6.07) is 0. The van der Waals surface area contributed by atoms with Gasteiger partial charge in [0.05, 0.1) is 12.2 Å². The Morgan fingerprint density at radius 3 is 2.55 bits per heavy atom. The Kier molecular flexibility index (Phi) is 2.89. The highest BCUT2D eigenvalue weighted by atomic mass is 16.5.